The molecule has 2 aliphatic heterocycles. The van der Waals surface area contributed by atoms with E-state index < -0.39 is 0 Å². The third kappa shape index (κ3) is 4.59. The lowest BCUT2D eigenvalue weighted by atomic mass is 9.95. The van der Waals surface area contributed by atoms with E-state index in [4.69, 9.17) is 5.11 Å². The summed E-state index contributed by atoms with van der Waals surface area (Å²) >= 11 is 0. The second kappa shape index (κ2) is 8.28. The molecular weight excluding hydrogens is 319 g/mol. The molecule has 5 heteroatoms. The summed E-state index contributed by atoms with van der Waals surface area (Å²) in [5.41, 5.74) is 1.71. The summed E-state index contributed by atoms with van der Waals surface area (Å²) in [5, 5.41) is 9.01. The minimum Gasteiger partial charge on any atom is -0.395 e. The first-order chi connectivity index (χ1) is 12.1. The highest BCUT2D eigenvalue weighted by molar-refractivity contribution is 5.79. The summed E-state index contributed by atoms with van der Waals surface area (Å²) in [6.07, 6.45) is 3.63. The van der Waals surface area contributed by atoms with Crippen molar-refractivity contribution in [2.24, 2.45) is 11.8 Å². The number of likely N-dealkylation sites (tertiary alicyclic amines) is 2. The summed E-state index contributed by atoms with van der Waals surface area (Å²) in [6, 6.07) is 5.47. The summed E-state index contributed by atoms with van der Waals surface area (Å²) in [5.74, 6) is 0.713. The number of amides is 1. The molecule has 2 aliphatic rings. The van der Waals surface area contributed by atoms with Crippen LogP contribution in [0.2, 0.25) is 0 Å². The van der Waals surface area contributed by atoms with Crippen molar-refractivity contribution < 1.29 is 14.3 Å². The van der Waals surface area contributed by atoms with Gasteiger partial charge in [0.15, 0.2) is 0 Å². The molecule has 0 bridgehead atoms. The molecule has 2 heterocycles. The number of hydrogen-bond acceptors (Lipinski definition) is 3. The van der Waals surface area contributed by atoms with Crippen molar-refractivity contribution in [3.8, 4) is 0 Å². The molecular formula is C20H29FN2O2. The third-order valence-corrected chi connectivity index (χ3v) is 5.71. The van der Waals surface area contributed by atoms with Gasteiger partial charge in [-0.2, -0.15) is 0 Å². The maximum absolute atomic E-state index is 13.7. The Morgan fingerprint density at radius 1 is 1.24 bits per heavy atom. The number of benzene rings is 1. The van der Waals surface area contributed by atoms with E-state index in [1.807, 2.05) is 17.0 Å². The summed E-state index contributed by atoms with van der Waals surface area (Å²) in [4.78, 5) is 17.0. The van der Waals surface area contributed by atoms with Gasteiger partial charge in [0.25, 0.3) is 0 Å². The minimum atomic E-state index is -0.141. The van der Waals surface area contributed by atoms with Gasteiger partial charge < -0.3 is 14.9 Å². The number of nitrogens with zero attached hydrogens (tertiary/aromatic N) is 2. The zero-order chi connectivity index (χ0) is 17.8. The van der Waals surface area contributed by atoms with E-state index in [9.17, 15) is 9.18 Å². The molecule has 2 saturated heterocycles. The molecule has 3 rings (SSSR count). The SMILES string of the molecule is Cc1ccc(CC2CCN(C(=O)C3CCN(CCO)CC3)C2)cc1F. The Bertz CT molecular complexity index is 599. The molecule has 1 atom stereocenters. The summed E-state index contributed by atoms with van der Waals surface area (Å²) in [6.45, 7) is 6.10. The second-order valence-corrected chi connectivity index (χ2v) is 7.57. The van der Waals surface area contributed by atoms with Gasteiger partial charge in [-0.25, -0.2) is 4.39 Å². The maximum Gasteiger partial charge on any atom is 0.225 e. The molecule has 0 aliphatic carbocycles. The van der Waals surface area contributed by atoms with Crippen LogP contribution >= 0.6 is 0 Å². The molecule has 1 aromatic carbocycles. The van der Waals surface area contributed by atoms with Crippen LogP contribution in [-0.2, 0) is 11.2 Å². The molecule has 1 amide bonds. The Hall–Kier alpha value is -1.46. The van der Waals surface area contributed by atoms with Crippen LogP contribution in [0.3, 0.4) is 0 Å². The number of hydrogen-bond donors (Lipinski definition) is 1. The Balaban J connectivity index is 1.49. The maximum atomic E-state index is 13.7. The second-order valence-electron chi connectivity index (χ2n) is 7.57. The van der Waals surface area contributed by atoms with Crippen molar-refractivity contribution in [3.63, 3.8) is 0 Å². The van der Waals surface area contributed by atoms with Gasteiger partial charge in [0.2, 0.25) is 5.91 Å². The van der Waals surface area contributed by atoms with Crippen molar-refractivity contribution in [2.45, 2.75) is 32.6 Å². The molecule has 0 aromatic heterocycles. The minimum absolute atomic E-state index is 0.130. The fraction of sp³-hybridized carbons (Fsp3) is 0.650. The van der Waals surface area contributed by atoms with E-state index >= 15 is 0 Å². The zero-order valence-electron chi connectivity index (χ0n) is 15.1. The van der Waals surface area contributed by atoms with Crippen LogP contribution in [0.15, 0.2) is 18.2 Å². The molecule has 1 aromatic rings. The number of halogens is 1. The molecule has 2 fully saturated rings. The van der Waals surface area contributed by atoms with Crippen molar-refractivity contribution in [1.29, 1.82) is 0 Å². The van der Waals surface area contributed by atoms with Gasteiger partial charge in [0, 0.05) is 25.6 Å². The molecule has 4 nitrogen and oxygen atoms in total. The van der Waals surface area contributed by atoms with Gasteiger partial charge in [-0.15, -0.1) is 0 Å². The Morgan fingerprint density at radius 2 is 2.00 bits per heavy atom. The standard InChI is InChI=1S/C20H29FN2O2/c1-15-2-3-16(13-19(15)21)12-17-4-9-23(14-17)20(25)18-5-7-22(8-6-18)10-11-24/h2-3,13,17-18,24H,4-12,14H2,1H3. The van der Waals surface area contributed by atoms with Crippen molar-refractivity contribution in [3.05, 3.63) is 35.1 Å². The molecule has 1 unspecified atom stereocenters. The summed E-state index contributed by atoms with van der Waals surface area (Å²) in [7, 11) is 0. The lowest BCUT2D eigenvalue weighted by molar-refractivity contribution is -0.136. The Labute approximate surface area is 149 Å². The lowest BCUT2D eigenvalue weighted by Gasteiger charge is -2.32. The largest absolute Gasteiger partial charge is 0.395 e. The molecule has 0 radical (unpaired) electrons. The Kier molecular flexibility index (Phi) is 6.07. The van der Waals surface area contributed by atoms with Crippen LogP contribution in [0.25, 0.3) is 0 Å². The van der Waals surface area contributed by atoms with Gasteiger partial charge in [-0.05, 0) is 68.8 Å². The van der Waals surface area contributed by atoms with Gasteiger partial charge >= 0.3 is 0 Å². The average molecular weight is 348 g/mol. The molecule has 25 heavy (non-hydrogen) atoms. The van der Waals surface area contributed by atoms with Crippen LogP contribution < -0.4 is 0 Å². The van der Waals surface area contributed by atoms with Crippen LogP contribution in [0.4, 0.5) is 4.39 Å². The van der Waals surface area contributed by atoms with Crippen molar-refractivity contribution in [2.75, 3.05) is 39.3 Å². The summed E-state index contributed by atoms with van der Waals surface area (Å²) < 4.78 is 13.7. The lowest BCUT2D eigenvalue weighted by Crippen LogP contribution is -2.42. The van der Waals surface area contributed by atoms with Crippen molar-refractivity contribution >= 4 is 5.91 Å². The highest BCUT2D eigenvalue weighted by Gasteiger charge is 2.32. The fourth-order valence-electron chi connectivity index (χ4n) is 4.10. The molecule has 0 saturated carbocycles. The average Bonchev–Trinajstić information content (AvgIpc) is 3.07. The molecule has 0 spiro atoms. The van der Waals surface area contributed by atoms with Crippen molar-refractivity contribution in [1.82, 2.24) is 9.80 Å². The van der Waals surface area contributed by atoms with Crippen LogP contribution in [-0.4, -0.2) is 60.1 Å². The van der Waals surface area contributed by atoms with E-state index in [1.165, 1.54) is 0 Å². The first-order valence-electron chi connectivity index (χ1n) is 9.44. The smallest absolute Gasteiger partial charge is 0.225 e. The van der Waals surface area contributed by atoms with Gasteiger partial charge in [0.1, 0.15) is 5.82 Å². The number of carbonyl (C=O) groups is 1. The first kappa shape index (κ1) is 18.3. The van der Waals surface area contributed by atoms with E-state index in [-0.39, 0.29) is 18.3 Å². The number of piperidine rings is 1. The highest BCUT2D eigenvalue weighted by atomic mass is 19.1. The predicted octanol–water partition coefficient (Wildman–Crippen LogP) is 2.23. The van der Waals surface area contributed by atoms with Crippen LogP contribution in [0.1, 0.15) is 30.4 Å². The van der Waals surface area contributed by atoms with E-state index in [2.05, 4.69) is 4.90 Å². The number of carbonyl (C=O) groups excluding carboxylic acids is 1. The number of β-amino-alcohol motifs (C(OH)–C–C–N with tert-alkyl or cyclic N) is 1. The van der Waals surface area contributed by atoms with E-state index in [0.29, 0.717) is 23.9 Å². The fourth-order valence-corrected chi connectivity index (χ4v) is 4.10. The molecule has 138 valence electrons. The van der Waals surface area contributed by atoms with Crippen LogP contribution in [0.5, 0.6) is 0 Å². The number of aliphatic hydroxyl groups excluding tert-OH is 1. The first-order valence-corrected chi connectivity index (χ1v) is 9.44. The normalized spacial score (nSPS) is 22.5. The van der Waals surface area contributed by atoms with E-state index in [1.54, 1.807) is 13.0 Å². The van der Waals surface area contributed by atoms with Gasteiger partial charge in [0.05, 0.1) is 6.61 Å². The van der Waals surface area contributed by atoms with E-state index in [0.717, 1.165) is 57.4 Å². The zero-order valence-corrected chi connectivity index (χ0v) is 15.1. The Morgan fingerprint density at radius 3 is 2.68 bits per heavy atom. The molecule has 1 N–H and O–H groups in total. The third-order valence-electron chi connectivity index (χ3n) is 5.71. The number of aryl methyl sites for hydroxylation is 1. The topological polar surface area (TPSA) is 43.8 Å². The predicted molar refractivity (Wildman–Crippen MR) is 95.8 cm³/mol. The number of rotatable bonds is 5. The van der Waals surface area contributed by atoms with Gasteiger partial charge in [-0.3, -0.25) is 4.79 Å². The van der Waals surface area contributed by atoms with Gasteiger partial charge in [-0.1, -0.05) is 12.1 Å². The number of aliphatic hydroxyl groups is 1. The highest BCUT2D eigenvalue weighted by Crippen LogP contribution is 2.26. The monoisotopic (exact) mass is 348 g/mol. The quantitative estimate of drug-likeness (QED) is 0.887. The van der Waals surface area contributed by atoms with Crippen LogP contribution in [0, 0.1) is 24.6 Å².